The van der Waals surface area contributed by atoms with Crippen LogP contribution in [0.15, 0.2) is 12.4 Å². The molecule has 0 unspecified atom stereocenters. The molecule has 0 aromatic carbocycles. The Balaban J connectivity index is 3.07. The molecule has 1 rings (SSSR count). The van der Waals surface area contributed by atoms with Gasteiger partial charge in [-0.25, -0.2) is 0 Å². The molecule has 0 fully saturated rings. The summed E-state index contributed by atoms with van der Waals surface area (Å²) >= 11 is 0. The number of rotatable bonds is 1. The Hall–Kier alpha value is -1.52. The molecule has 10 heavy (non-hydrogen) atoms. The smallest absolute Gasteiger partial charge is 0.358 e. The van der Waals surface area contributed by atoms with Crippen molar-refractivity contribution >= 4 is 5.82 Å². The molecular weight excluding hydrogens is 134 g/mol. The van der Waals surface area contributed by atoms with E-state index in [1.165, 1.54) is 6.20 Å². The molecule has 0 atom stereocenters. The third kappa shape index (κ3) is 1.25. The van der Waals surface area contributed by atoms with E-state index in [-0.39, 0.29) is 5.82 Å². The molecule has 0 saturated heterocycles. The van der Waals surface area contributed by atoms with Crippen LogP contribution in [0.3, 0.4) is 0 Å². The molecule has 5 nitrogen and oxygen atoms in total. The van der Waals surface area contributed by atoms with Crippen molar-refractivity contribution in [1.29, 1.82) is 0 Å². The maximum Gasteiger partial charge on any atom is 0.382 e. The molecule has 1 heterocycles. The van der Waals surface area contributed by atoms with Gasteiger partial charge in [-0.3, -0.25) is 4.98 Å². The molecule has 52 valence electrons. The number of nitrogens with zero attached hydrogens (tertiary/aromatic N) is 3. The molecule has 0 aliphatic heterocycles. The minimum atomic E-state index is -0.569. The summed E-state index contributed by atoms with van der Waals surface area (Å²) in [5.74, 6) is -0.208. The number of aryl methyl sites for hydroxylation is 1. The predicted octanol–water partition coefficient (Wildman–Crippen LogP) is 0.693. The van der Waals surface area contributed by atoms with Crippen LogP contribution >= 0.6 is 0 Å². The minimum absolute atomic E-state index is 0.208. The maximum atomic E-state index is 10.1. The first-order valence-corrected chi connectivity index (χ1v) is 2.63. The van der Waals surface area contributed by atoms with Crippen LogP contribution < -0.4 is 0 Å². The van der Waals surface area contributed by atoms with Crippen LogP contribution in [-0.2, 0) is 0 Å². The van der Waals surface area contributed by atoms with Crippen molar-refractivity contribution in [2.45, 2.75) is 6.92 Å². The average Bonchev–Trinajstić information content (AvgIpc) is 1.88. The molecule has 0 aliphatic carbocycles. The van der Waals surface area contributed by atoms with E-state index in [1.54, 1.807) is 6.92 Å². The van der Waals surface area contributed by atoms with Crippen molar-refractivity contribution in [3.63, 3.8) is 0 Å². The molecule has 0 spiro atoms. The summed E-state index contributed by atoms with van der Waals surface area (Å²) in [4.78, 5) is 16.7. The SMILES string of the molecule is Cc1cncc([N+](=O)[O-])n1. The van der Waals surface area contributed by atoms with Gasteiger partial charge in [-0.15, -0.1) is 0 Å². The second-order valence-corrected chi connectivity index (χ2v) is 1.78. The highest BCUT2D eigenvalue weighted by atomic mass is 16.6. The molecule has 1 aromatic heterocycles. The summed E-state index contributed by atoms with van der Waals surface area (Å²) in [5.41, 5.74) is 0.550. The standard InChI is InChI=1S/C5H5N3O2/c1-4-2-6-3-5(7-4)8(9)10/h2-3H,1H3. The zero-order valence-corrected chi connectivity index (χ0v) is 5.31. The van der Waals surface area contributed by atoms with Crippen molar-refractivity contribution in [2.75, 3.05) is 0 Å². The van der Waals surface area contributed by atoms with E-state index in [2.05, 4.69) is 9.97 Å². The van der Waals surface area contributed by atoms with Crippen molar-refractivity contribution in [3.05, 3.63) is 28.2 Å². The van der Waals surface area contributed by atoms with Crippen molar-refractivity contribution < 1.29 is 4.92 Å². The summed E-state index contributed by atoms with van der Waals surface area (Å²) < 4.78 is 0. The van der Waals surface area contributed by atoms with Crippen LogP contribution in [0.2, 0.25) is 0 Å². The number of hydrogen-bond acceptors (Lipinski definition) is 4. The van der Waals surface area contributed by atoms with Gasteiger partial charge < -0.3 is 10.1 Å². The van der Waals surface area contributed by atoms with Crippen LogP contribution in [0.1, 0.15) is 5.69 Å². The highest BCUT2D eigenvalue weighted by molar-refractivity contribution is 5.13. The second-order valence-electron chi connectivity index (χ2n) is 1.78. The molecule has 1 aromatic rings. The van der Waals surface area contributed by atoms with Gasteiger partial charge >= 0.3 is 5.82 Å². The topological polar surface area (TPSA) is 68.9 Å². The van der Waals surface area contributed by atoms with E-state index in [4.69, 9.17) is 0 Å². The molecule has 0 radical (unpaired) electrons. The largest absolute Gasteiger partial charge is 0.382 e. The van der Waals surface area contributed by atoms with Gasteiger partial charge in [0.05, 0.1) is 6.20 Å². The van der Waals surface area contributed by atoms with E-state index in [9.17, 15) is 10.1 Å². The van der Waals surface area contributed by atoms with Gasteiger partial charge in [-0.2, -0.15) is 0 Å². The Morgan fingerprint density at radius 1 is 1.60 bits per heavy atom. The summed E-state index contributed by atoms with van der Waals surface area (Å²) in [6.07, 6.45) is 2.58. The number of nitro groups is 1. The minimum Gasteiger partial charge on any atom is -0.358 e. The van der Waals surface area contributed by atoms with E-state index in [0.29, 0.717) is 5.69 Å². The lowest BCUT2D eigenvalue weighted by Gasteiger charge is -1.88. The number of hydrogen-bond donors (Lipinski definition) is 0. The van der Waals surface area contributed by atoms with Gasteiger partial charge in [0.25, 0.3) is 0 Å². The average molecular weight is 139 g/mol. The van der Waals surface area contributed by atoms with E-state index in [1.807, 2.05) is 0 Å². The second kappa shape index (κ2) is 2.38. The normalized spacial score (nSPS) is 9.30. The lowest BCUT2D eigenvalue weighted by molar-refractivity contribution is -0.389. The zero-order valence-electron chi connectivity index (χ0n) is 5.31. The molecular formula is C5H5N3O2. The third-order valence-electron chi connectivity index (χ3n) is 0.929. The monoisotopic (exact) mass is 139 g/mol. The third-order valence-corrected chi connectivity index (χ3v) is 0.929. The van der Waals surface area contributed by atoms with E-state index in [0.717, 1.165) is 6.20 Å². The van der Waals surface area contributed by atoms with Gasteiger partial charge in [0.15, 0.2) is 5.69 Å². The van der Waals surface area contributed by atoms with E-state index >= 15 is 0 Å². The Morgan fingerprint density at radius 2 is 2.30 bits per heavy atom. The van der Waals surface area contributed by atoms with Crippen LogP contribution in [-0.4, -0.2) is 14.9 Å². The van der Waals surface area contributed by atoms with Gasteiger partial charge in [0.2, 0.25) is 0 Å². The summed E-state index contributed by atoms with van der Waals surface area (Å²) in [7, 11) is 0. The van der Waals surface area contributed by atoms with Gasteiger partial charge in [0.1, 0.15) is 6.20 Å². The first kappa shape index (κ1) is 6.60. The van der Waals surface area contributed by atoms with Crippen LogP contribution in [0, 0.1) is 17.0 Å². The molecule has 0 bridgehead atoms. The van der Waals surface area contributed by atoms with Crippen LogP contribution in [0.5, 0.6) is 0 Å². The highest BCUT2D eigenvalue weighted by Gasteiger charge is 2.05. The predicted molar refractivity (Wildman–Crippen MR) is 33.4 cm³/mol. The fourth-order valence-electron chi connectivity index (χ4n) is 0.538. The first-order chi connectivity index (χ1) is 4.70. The van der Waals surface area contributed by atoms with Crippen molar-refractivity contribution in [3.8, 4) is 0 Å². The quantitative estimate of drug-likeness (QED) is 0.424. The van der Waals surface area contributed by atoms with Crippen LogP contribution in [0.25, 0.3) is 0 Å². The first-order valence-electron chi connectivity index (χ1n) is 2.63. The van der Waals surface area contributed by atoms with Crippen molar-refractivity contribution in [2.24, 2.45) is 0 Å². The lowest BCUT2D eigenvalue weighted by atomic mass is 10.5. The Bertz CT molecular complexity index is 261. The fraction of sp³-hybridized carbons (Fsp3) is 0.200. The maximum absolute atomic E-state index is 10.1. The van der Waals surface area contributed by atoms with Gasteiger partial charge in [-0.1, -0.05) is 0 Å². The Kier molecular flexibility index (Phi) is 1.57. The van der Waals surface area contributed by atoms with Gasteiger partial charge in [0, 0.05) is 6.92 Å². The zero-order chi connectivity index (χ0) is 7.56. The summed E-state index contributed by atoms with van der Waals surface area (Å²) in [6.45, 7) is 1.65. The highest BCUT2D eigenvalue weighted by Crippen LogP contribution is 2.02. The number of aromatic nitrogens is 2. The molecule has 0 N–H and O–H groups in total. The van der Waals surface area contributed by atoms with Gasteiger partial charge in [-0.05, 0) is 9.91 Å². The molecule has 5 heteroatoms. The Morgan fingerprint density at radius 3 is 2.70 bits per heavy atom. The summed E-state index contributed by atoms with van der Waals surface area (Å²) in [5, 5.41) is 10.1. The van der Waals surface area contributed by atoms with Crippen LogP contribution in [0.4, 0.5) is 5.82 Å². The molecule has 0 aliphatic rings. The molecule has 0 saturated carbocycles. The summed E-state index contributed by atoms with van der Waals surface area (Å²) in [6, 6.07) is 0. The molecule has 0 amide bonds. The Labute approximate surface area is 56.9 Å². The lowest BCUT2D eigenvalue weighted by Crippen LogP contribution is -1.93. The fourth-order valence-corrected chi connectivity index (χ4v) is 0.538. The van der Waals surface area contributed by atoms with E-state index < -0.39 is 4.92 Å². The van der Waals surface area contributed by atoms with Crippen molar-refractivity contribution in [1.82, 2.24) is 9.97 Å².